The van der Waals surface area contributed by atoms with Crippen LogP contribution in [-0.4, -0.2) is 16.9 Å². The van der Waals surface area contributed by atoms with E-state index in [0.717, 1.165) is 18.6 Å². The first-order chi connectivity index (χ1) is 8.74. The summed E-state index contributed by atoms with van der Waals surface area (Å²) in [6.07, 6.45) is 4.54. The minimum Gasteiger partial charge on any atom is -0.283 e. The van der Waals surface area contributed by atoms with Crippen LogP contribution in [0.15, 0.2) is 30.3 Å². The zero-order valence-corrected chi connectivity index (χ0v) is 11.5. The molecule has 0 heterocycles. The second-order valence-electron chi connectivity index (χ2n) is 4.02. The fourth-order valence-electron chi connectivity index (χ4n) is 1.48. The second-order valence-corrected chi connectivity index (χ2v) is 5.08. The van der Waals surface area contributed by atoms with Crippen LogP contribution in [0.3, 0.4) is 0 Å². The van der Waals surface area contributed by atoms with Crippen LogP contribution < -0.4 is 5.32 Å². The quantitative estimate of drug-likeness (QED) is 0.795. The van der Waals surface area contributed by atoms with Gasteiger partial charge in [0.05, 0.1) is 0 Å². The number of thioether (sulfide) groups is 1. The number of imide groups is 1. The molecule has 0 radical (unpaired) electrons. The SMILES string of the molecule is CCCCCCSC(=O)NC(=O)c1ccccc1. The van der Waals surface area contributed by atoms with Gasteiger partial charge in [-0.15, -0.1) is 0 Å². The van der Waals surface area contributed by atoms with E-state index in [4.69, 9.17) is 0 Å². The summed E-state index contributed by atoms with van der Waals surface area (Å²) in [6.45, 7) is 2.15. The largest absolute Gasteiger partial charge is 0.285 e. The molecule has 0 saturated heterocycles. The van der Waals surface area contributed by atoms with Crippen LogP contribution in [0.5, 0.6) is 0 Å². The molecule has 0 saturated carbocycles. The fraction of sp³-hybridized carbons (Fsp3) is 0.429. The Balaban J connectivity index is 2.22. The lowest BCUT2D eigenvalue weighted by atomic mass is 10.2. The lowest BCUT2D eigenvalue weighted by molar-refractivity contribution is 0.0969. The molecule has 3 nitrogen and oxygen atoms in total. The standard InChI is InChI=1S/C14H19NO2S/c1-2-3-4-8-11-18-14(17)15-13(16)12-9-6-5-7-10-12/h5-7,9-10H,2-4,8,11H2,1H3,(H,15,16,17). The molecular weight excluding hydrogens is 246 g/mol. The van der Waals surface area contributed by atoms with Crippen molar-refractivity contribution in [2.75, 3.05) is 5.75 Å². The lowest BCUT2D eigenvalue weighted by Crippen LogP contribution is -2.27. The first-order valence-electron chi connectivity index (χ1n) is 6.27. The third-order valence-electron chi connectivity index (χ3n) is 2.48. The van der Waals surface area contributed by atoms with Crippen molar-refractivity contribution in [1.82, 2.24) is 5.32 Å². The summed E-state index contributed by atoms with van der Waals surface area (Å²) in [5, 5.41) is 2.11. The molecule has 0 aliphatic heterocycles. The number of unbranched alkanes of at least 4 members (excludes halogenated alkanes) is 3. The number of carbonyl (C=O) groups is 2. The molecule has 0 bridgehead atoms. The van der Waals surface area contributed by atoms with Crippen molar-refractivity contribution in [2.24, 2.45) is 0 Å². The first-order valence-corrected chi connectivity index (χ1v) is 7.25. The third-order valence-corrected chi connectivity index (χ3v) is 3.34. The van der Waals surface area contributed by atoms with Crippen molar-refractivity contribution in [3.8, 4) is 0 Å². The predicted octanol–water partition coefficient (Wildman–Crippen LogP) is 3.85. The molecule has 1 N–H and O–H groups in total. The summed E-state index contributed by atoms with van der Waals surface area (Å²) in [6, 6.07) is 8.76. The van der Waals surface area contributed by atoms with E-state index in [1.54, 1.807) is 24.3 Å². The van der Waals surface area contributed by atoms with E-state index in [-0.39, 0.29) is 11.1 Å². The Morgan fingerprint density at radius 3 is 2.50 bits per heavy atom. The zero-order chi connectivity index (χ0) is 13.2. The van der Waals surface area contributed by atoms with Crippen LogP contribution in [0.25, 0.3) is 0 Å². The van der Waals surface area contributed by atoms with E-state index in [1.165, 1.54) is 24.6 Å². The highest BCUT2D eigenvalue weighted by molar-refractivity contribution is 8.13. The van der Waals surface area contributed by atoms with E-state index in [0.29, 0.717) is 5.56 Å². The van der Waals surface area contributed by atoms with Crippen LogP contribution in [0.1, 0.15) is 43.0 Å². The maximum atomic E-state index is 11.6. The van der Waals surface area contributed by atoms with E-state index >= 15 is 0 Å². The van der Waals surface area contributed by atoms with Gasteiger partial charge < -0.3 is 0 Å². The molecule has 1 aromatic rings. The number of benzene rings is 1. The average Bonchev–Trinajstić information content (AvgIpc) is 2.39. The van der Waals surface area contributed by atoms with Gasteiger partial charge >= 0.3 is 0 Å². The van der Waals surface area contributed by atoms with Crippen LogP contribution in [-0.2, 0) is 0 Å². The molecular formula is C14H19NO2S. The monoisotopic (exact) mass is 265 g/mol. The molecule has 0 atom stereocenters. The number of nitrogens with one attached hydrogen (secondary N) is 1. The van der Waals surface area contributed by atoms with Gasteiger partial charge in [-0.3, -0.25) is 14.9 Å². The molecule has 1 aromatic carbocycles. The van der Waals surface area contributed by atoms with Crippen molar-refractivity contribution in [3.63, 3.8) is 0 Å². The van der Waals surface area contributed by atoms with Gasteiger partial charge in [0.15, 0.2) is 0 Å². The van der Waals surface area contributed by atoms with Gasteiger partial charge in [0, 0.05) is 11.3 Å². The summed E-state index contributed by atoms with van der Waals surface area (Å²) < 4.78 is 0. The summed E-state index contributed by atoms with van der Waals surface area (Å²) in [7, 11) is 0. The second kappa shape index (κ2) is 8.75. The van der Waals surface area contributed by atoms with E-state index in [2.05, 4.69) is 12.2 Å². The molecule has 18 heavy (non-hydrogen) atoms. The number of rotatable bonds is 6. The van der Waals surface area contributed by atoms with Gasteiger partial charge in [-0.25, -0.2) is 0 Å². The summed E-state index contributed by atoms with van der Waals surface area (Å²) in [5.41, 5.74) is 0.512. The lowest BCUT2D eigenvalue weighted by Gasteiger charge is -2.03. The maximum absolute atomic E-state index is 11.6. The van der Waals surface area contributed by atoms with Crippen molar-refractivity contribution < 1.29 is 9.59 Å². The topological polar surface area (TPSA) is 46.2 Å². The van der Waals surface area contributed by atoms with Crippen molar-refractivity contribution >= 4 is 22.9 Å². The first kappa shape index (κ1) is 14.8. The summed E-state index contributed by atoms with van der Waals surface area (Å²) in [4.78, 5) is 23.1. The van der Waals surface area contributed by atoms with Gasteiger partial charge in [0.25, 0.3) is 11.1 Å². The van der Waals surface area contributed by atoms with Crippen LogP contribution in [0.2, 0.25) is 0 Å². The molecule has 98 valence electrons. The average molecular weight is 265 g/mol. The van der Waals surface area contributed by atoms with Gasteiger partial charge in [0.2, 0.25) is 0 Å². The summed E-state index contributed by atoms with van der Waals surface area (Å²) >= 11 is 1.18. The Morgan fingerprint density at radius 2 is 1.83 bits per heavy atom. The van der Waals surface area contributed by atoms with Crippen molar-refractivity contribution in [3.05, 3.63) is 35.9 Å². The Bertz CT molecular complexity index is 379. The third kappa shape index (κ3) is 5.87. The Labute approximate surface area is 112 Å². The fourth-order valence-corrected chi connectivity index (χ4v) is 2.18. The highest BCUT2D eigenvalue weighted by atomic mass is 32.2. The molecule has 0 aliphatic rings. The summed E-state index contributed by atoms with van der Waals surface area (Å²) in [5.74, 6) is 0.440. The molecule has 0 spiro atoms. The minimum atomic E-state index is -0.332. The number of hydrogen-bond acceptors (Lipinski definition) is 3. The molecule has 1 rings (SSSR count). The molecule has 4 heteroatoms. The van der Waals surface area contributed by atoms with E-state index in [1.807, 2.05) is 6.07 Å². The van der Waals surface area contributed by atoms with E-state index in [9.17, 15) is 9.59 Å². The Kier molecular flexibility index (Phi) is 7.18. The van der Waals surface area contributed by atoms with Crippen LogP contribution in [0, 0.1) is 0 Å². The highest BCUT2D eigenvalue weighted by Gasteiger charge is 2.09. The number of hydrogen-bond donors (Lipinski definition) is 1. The molecule has 0 fully saturated rings. The van der Waals surface area contributed by atoms with Gasteiger partial charge in [0.1, 0.15) is 0 Å². The predicted molar refractivity (Wildman–Crippen MR) is 75.9 cm³/mol. The number of carbonyl (C=O) groups excluding carboxylic acids is 2. The Hall–Kier alpha value is -1.29. The van der Waals surface area contributed by atoms with Crippen LogP contribution >= 0.6 is 11.8 Å². The molecule has 0 unspecified atom stereocenters. The maximum Gasteiger partial charge on any atom is 0.285 e. The normalized spacial score (nSPS) is 10.1. The van der Waals surface area contributed by atoms with Gasteiger partial charge in [-0.05, 0) is 18.6 Å². The minimum absolute atomic E-state index is 0.264. The molecule has 0 aliphatic carbocycles. The van der Waals surface area contributed by atoms with Gasteiger partial charge in [-0.2, -0.15) is 0 Å². The molecule has 0 aromatic heterocycles. The van der Waals surface area contributed by atoms with Crippen molar-refractivity contribution in [1.29, 1.82) is 0 Å². The smallest absolute Gasteiger partial charge is 0.283 e. The van der Waals surface area contributed by atoms with Crippen LogP contribution in [0.4, 0.5) is 4.79 Å². The zero-order valence-electron chi connectivity index (χ0n) is 10.6. The van der Waals surface area contributed by atoms with Gasteiger partial charge in [-0.1, -0.05) is 56.1 Å². The van der Waals surface area contributed by atoms with Crippen molar-refractivity contribution in [2.45, 2.75) is 32.6 Å². The molecule has 2 amide bonds. The Morgan fingerprint density at radius 1 is 1.11 bits per heavy atom. The highest BCUT2D eigenvalue weighted by Crippen LogP contribution is 2.09. The number of amides is 2. The van der Waals surface area contributed by atoms with E-state index < -0.39 is 0 Å².